The Hall–Kier alpha value is -2.30. The molecule has 0 unspecified atom stereocenters. The summed E-state index contributed by atoms with van der Waals surface area (Å²) in [5.41, 5.74) is 0.726. The monoisotopic (exact) mass is 388 g/mol. The first-order chi connectivity index (χ1) is 13.4. The summed E-state index contributed by atoms with van der Waals surface area (Å²) in [7, 11) is -0.989. The predicted molar refractivity (Wildman–Crippen MR) is 96.5 cm³/mol. The standard InChI is InChI=1S/C18H21BN2O7/c22-8-3-13(20-5-8)17(23)21-6-9(7-21)27-14-2-1-10-11-4-12(11)19(26)28-16(10)15(14)18(24)25/h1-2,8-9,11-13,20,22,26H,3-7H2,(H,24,25)/t8-,11-,12-,13-/m1/s1. The number of carbonyl (C=O) groups is 2. The second-order valence-corrected chi connectivity index (χ2v) is 8.01. The lowest BCUT2D eigenvalue weighted by atomic mass is 9.77. The van der Waals surface area contributed by atoms with E-state index in [1.54, 1.807) is 17.0 Å². The number of ether oxygens (including phenoxy) is 1. The number of aliphatic hydroxyl groups is 1. The highest BCUT2D eigenvalue weighted by atomic mass is 16.5. The molecule has 1 aliphatic carbocycles. The molecule has 4 aliphatic rings. The summed E-state index contributed by atoms with van der Waals surface area (Å²) in [6.45, 7) is 1.13. The molecule has 4 N–H and O–H groups in total. The van der Waals surface area contributed by atoms with Gasteiger partial charge in [-0.05, 0) is 30.4 Å². The van der Waals surface area contributed by atoms with Gasteiger partial charge in [0.15, 0.2) is 0 Å². The minimum Gasteiger partial charge on any atom is -0.535 e. The number of carboxylic acid groups (broad SMARTS) is 1. The molecule has 4 atom stereocenters. The normalized spacial score (nSPS) is 30.8. The first-order valence-electron chi connectivity index (χ1n) is 9.54. The molecule has 1 aromatic carbocycles. The van der Waals surface area contributed by atoms with Gasteiger partial charge in [0.1, 0.15) is 23.2 Å². The zero-order valence-electron chi connectivity index (χ0n) is 15.1. The number of aromatic carboxylic acids is 1. The summed E-state index contributed by atoms with van der Waals surface area (Å²) in [4.78, 5) is 25.9. The SMILES string of the molecule is O=C(O)c1c(OC2CN(C(=O)[C@H]3C[C@@H](O)CN3)C2)ccc2c1OB(O)[C@@H]1C[C@H]21. The van der Waals surface area contributed by atoms with Gasteiger partial charge in [0.25, 0.3) is 0 Å². The third-order valence-corrected chi connectivity index (χ3v) is 6.07. The van der Waals surface area contributed by atoms with E-state index in [4.69, 9.17) is 9.39 Å². The van der Waals surface area contributed by atoms with Crippen molar-refractivity contribution in [1.29, 1.82) is 0 Å². The fraction of sp³-hybridized carbons (Fsp3) is 0.556. The minimum atomic E-state index is -1.17. The Kier molecular flexibility index (Phi) is 4.04. The van der Waals surface area contributed by atoms with Gasteiger partial charge >= 0.3 is 13.1 Å². The molecule has 3 fully saturated rings. The molecule has 2 saturated heterocycles. The van der Waals surface area contributed by atoms with Gasteiger partial charge in [-0.3, -0.25) is 4.79 Å². The number of aliphatic hydroxyl groups excluding tert-OH is 1. The number of carbonyl (C=O) groups excluding carboxylic acids is 1. The van der Waals surface area contributed by atoms with Gasteiger partial charge in [0.2, 0.25) is 5.91 Å². The van der Waals surface area contributed by atoms with Crippen LogP contribution in [0.15, 0.2) is 12.1 Å². The summed E-state index contributed by atoms with van der Waals surface area (Å²) < 4.78 is 11.3. The van der Waals surface area contributed by atoms with Gasteiger partial charge in [-0.2, -0.15) is 0 Å². The van der Waals surface area contributed by atoms with Crippen LogP contribution in [-0.4, -0.2) is 77.0 Å². The average molecular weight is 388 g/mol. The van der Waals surface area contributed by atoms with Gasteiger partial charge in [0.05, 0.1) is 25.2 Å². The fourth-order valence-electron chi connectivity index (χ4n) is 4.39. The summed E-state index contributed by atoms with van der Waals surface area (Å²) in [6, 6.07) is 3.06. The average Bonchev–Trinajstić information content (AvgIpc) is 3.31. The van der Waals surface area contributed by atoms with Gasteiger partial charge in [-0.25, -0.2) is 4.79 Å². The highest BCUT2D eigenvalue weighted by Gasteiger charge is 2.54. The van der Waals surface area contributed by atoms with Crippen LogP contribution in [0.25, 0.3) is 0 Å². The highest BCUT2D eigenvalue weighted by Crippen LogP contribution is 2.60. The second-order valence-electron chi connectivity index (χ2n) is 8.01. The summed E-state index contributed by atoms with van der Waals surface area (Å²) in [5, 5.41) is 32.2. The molecule has 3 heterocycles. The van der Waals surface area contributed by atoms with Crippen molar-refractivity contribution >= 4 is 19.0 Å². The van der Waals surface area contributed by atoms with Gasteiger partial charge in [0, 0.05) is 12.4 Å². The molecule has 0 bridgehead atoms. The van der Waals surface area contributed by atoms with Crippen molar-refractivity contribution in [2.24, 2.45) is 0 Å². The molecule has 1 saturated carbocycles. The van der Waals surface area contributed by atoms with E-state index in [2.05, 4.69) is 5.32 Å². The van der Waals surface area contributed by atoms with Crippen LogP contribution >= 0.6 is 0 Å². The lowest BCUT2D eigenvalue weighted by Gasteiger charge is -2.40. The van der Waals surface area contributed by atoms with Crippen molar-refractivity contribution in [3.63, 3.8) is 0 Å². The lowest BCUT2D eigenvalue weighted by Crippen LogP contribution is -2.59. The lowest BCUT2D eigenvalue weighted by molar-refractivity contribution is -0.142. The number of hydrogen-bond acceptors (Lipinski definition) is 7. The van der Waals surface area contributed by atoms with E-state index in [-0.39, 0.29) is 46.9 Å². The third-order valence-electron chi connectivity index (χ3n) is 6.07. The molecule has 3 aliphatic heterocycles. The van der Waals surface area contributed by atoms with Crippen LogP contribution < -0.4 is 14.7 Å². The van der Waals surface area contributed by atoms with Crippen LogP contribution in [0.5, 0.6) is 11.5 Å². The van der Waals surface area contributed by atoms with Gasteiger partial charge < -0.3 is 34.8 Å². The molecule has 5 rings (SSSR count). The number of hydrogen-bond donors (Lipinski definition) is 4. The molecule has 9 nitrogen and oxygen atoms in total. The molecule has 0 aromatic heterocycles. The topological polar surface area (TPSA) is 129 Å². The number of likely N-dealkylation sites (tertiary alicyclic amines) is 1. The Labute approximate surface area is 161 Å². The number of rotatable bonds is 4. The minimum absolute atomic E-state index is 0.0369. The summed E-state index contributed by atoms with van der Waals surface area (Å²) >= 11 is 0. The molecule has 28 heavy (non-hydrogen) atoms. The number of carboxylic acids is 1. The molecule has 0 spiro atoms. The molecular weight excluding hydrogens is 367 g/mol. The summed E-state index contributed by atoms with van der Waals surface area (Å²) in [6.07, 6.45) is 0.374. The van der Waals surface area contributed by atoms with Crippen molar-refractivity contribution < 1.29 is 34.2 Å². The van der Waals surface area contributed by atoms with E-state index in [9.17, 15) is 24.8 Å². The van der Waals surface area contributed by atoms with Crippen LogP contribution in [0.1, 0.15) is 34.7 Å². The molecule has 148 valence electrons. The number of benzene rings is 1. The van der Waals surface area contributed by atoms with E-state index < -0.39 is 19.2 Å². The van der Waals surface area contributed by atoms with Crippen molar-refractivity contribution in [2.75, 3.05) is 19.6 Å². The van der Waals surface area contributed by atoms with E-state index in [0.717, 1.165) is 12.0 Å². The first kappa shape index (κ1) is 17.8. The number of β-amino-alcohol motifs (C(OH)–C–C–N with tert-alkyl or cyclic N) is 1. The Bertz CT molecular complexity index is 843. The van der Waals surface area contributed by atoms with E-state index in [0.29, 0.717) is 26.1 Å². The molecule has 1 amide bonds. The quantitative estimate of drug-likeness (QED) is 0.505. The fourth-order valence-corrected chi connectivity index (χ4v) is 4.39. The molecule has 1 aromatic rings. The zero-order valence-corrected chi connectivity index (χ0v) is 15.1. The Morgan fingerprint density at radius 3 is 2.75 bits per heavy atom. The number of nitrogens with zero attached hydrogens (tertiary/aromatic N) is 1. The zero-order chi connectivity index (χ0) is 19.6. The maximum atomic E-state index is 12.4. The molecular formula is C18H21BN2O7. The second kappa shape index (κ2) is 6.36. The van der Waals surface area contributed by atoms with Crippen molar-refractivity contribution in [1.82, 2.24) is 10.2 Å². The largest absolute Gasteiger partial charge is 0.535 e. The van der Waals surface area contributed by atoms with Crippen molar-refractivity contribution in [3.8, 4) is 11.5 Å². The maximum absolute atomic E-state index is 12.4. The summed E-state index contributed by atoms with van der Waals surface area (Å²) in [5.74, 6) is -0.704. The van der Waals surface area contributed by atoms with Crippen LogP contribution in [-0.2, 0) is 4.79 Å². The van der Waals surface area contributed by atoms with Crippen LogP contribution in [0.4, 0.5) is 0 Å². The number of fused-ring (bicyclic) bond motifs is 3. The molecule has 10 heteroatoms. The maximum Gasteiger partial charge on any atom is 0.526 e. The van der Waals surface area contributed by atoms with Crippen molar-refractivity contribution in [2.45, 2.75) is 42.8 Å². The van der Waals surface area contributed by atoms with Crippen LogP contribution in [0, 0.1) is 0 Å². The Balaban J connectivity index is 1.28. The molecule has 0 radical (unpaired) electrons. The van der Waals surface area contributed by atoms with Crippen LogP contribution in [0.3, 0.4) is 0 Å². The Morgan fingerprint density at radius 2 is 2.07 bits per heavy atom. The third kappa shape index (κ3) is 2.83. The Morgan fingerprint density at radius 1 is 1.29 bits per heavy atom. The van der Waals surface area contributed by atoms with Gasteiger partial charge in [-0.1, -0.05) is 6.07 Å². The number of amides is 1. The first-order valence-corrected chi connectivity index (χ1v) is 9.54. The van der Waals surface area contributed by atoms with E-state index in [1.165, 1.54) is 0 Å². The van der Waals surface area contributed by atoms with E-state index >= 15 is 0 Å². The number of nitrogens with one attached hydrogen (secondary N) is 1. The van der Waals surface area contributed by atoms with E-state index in [1.807, 2.05) is 0 Å². The van der Waals surface area contributed by atoms with Crippen molar-refractivity contribution in [3.05, 3.63) is 23.3 Å². The highest BCUT2D eigenvalue weighted by molar-refractivity contribution is 6.48. The van der Waals surface area contributed by atoms with Gasteiger partial charge in [-0.15, -0.1) is 0 Å². The predicted octanol–water partition coefficient (Wildman–Crippen LogP) is -0.572. The van der Waals surface area contributed by atoms with Crippen LogP contribution in [0.2, 0.25) is 5.82 Å². The smallest absolute Gasteiger partial charge is 0.526 e.